The third kappa shape index (κ3) is 4.68. The van der Waals surface area contributed by atoms with E-state index in [1.807, 2.05) is 0 Å². The van der Waals surface area contributed by atoms with Gasteiger partial charge in [0.15, 0.2) is 9.84 Å². The van der Waals surface area contributed by atoms with Gasteiger partial charge >= 0.3 is 0 Å². The van der Waals surface area contributed by atoms with Gasteiger partial charge in [-0.1, -0.05) is 36.4 Å². The maximum atomic E-state index is 13.4. The highest BCUT2D eigenvalue weighted by Crippen LogP contribution is 2.12. The average molecular weight is 307 g/mol. The Bertz CT molecular complexity index is 730. The lowest BCUT2D eigenvalue weighted by atomic mass is 10.2. The third-order valence-corrected chi connectivity index (χ3v) is 4.19. The highest BCUT2D eigenvalue weighted by Gasteiger charge is 2.19. The van der Waals surface area contributed by atoms with Gasteiger partial charge in [-0.2, -0.15) is 0 Å². The Morgan fingerprint density at radius 2 is 1.62 bits per heavy atom. The third-order valence-electron chi connectivity index (χ3n) is 2.74. The summed E-state index contributed by atoms with van der Waals surface area (Å²) in [5.41, 5.74) is 0.577. The molecule has 0 aromatic heterocycles. The van der Waals surface area contributed by atoms with E-state index in [-0.39, 0.29) is 5.56 Å². The van der Waals surface area contributed by atoms with Crippen molar-refractivity contribution < 1.29 is 17.6 Å². The van der Waals surface area contributed by atoms with Crippen LogP contribution in [0.25, 0.3) is 0 Å². The molecule has 4 nitrogen and oxygen atoms in total. The first-order valence-corrected chi connectivity index (χ1v) is 8.07. The molecule has 0 heterocycles. The van der Waals surface area contributed by atoms with E-state index in [2.05, 4.69) is 5.32 Å². The molecule has 21 heavy (non-hydrogen) atoms. The quantitative estimate of drug-likeness (QED) is 0.922. The molecule has 0 spiro atoms. The lowest BCUT2D eigenvalue weighted by molar-refractivity contribution is -0.113. The van der Waals surface area contributed by atoms with Crippen LogP contribution >= 0.6 is 0 Å². The topological polar surface area (TPSA) is 63.2 Å². The van der Waals surface area contributed by atoms with Gasteiger partial charge in [0.1, 0.15) is 11.6 Å². The van der Waals surface area contributed by atoms with Crippen molar-refractivity contribution in [2.24, 2.45) is 0 Å². The van der Waals surface area contributed by atoms with Crippen molar-refractivity contribution in [1.29, 1.82) is 0 Å². The summed E-state index contributed by atoms with van der Waals surface area (Å²) >= 11 is 0. The number of amides is 1. The van der Waals surface area contributed by atoms with Crippen LogP contribution in [-0.2, 0) is 20.4 Å². The molecule has 2 aromatic carbocycles. The van der Waals surface area contributed by atoms with Crippen LogP contribution in [0, 0.1) is 5.82 Å². The van der Waals surface area contributed by atoms with Crippen LogP contribution in [0.5, 0.6) is 0 Å². The van der Waals surface area contributed by atoms with Crippen LogP contribution in [0.3, 0.4) is 0 Å². The summed E-state index contributed by atoms with van der Waals surface area (Å²) in [6, 6.07) is 14.2. The molecule has 0 aliphatic rings. The molecule has 2 rings (SSSR count). The summed E-state index contributed by atoms with van der Waals surface area (Å²) in [6.07, 6.45) is 0. The standard InChI is InChI=1S/C15H14FNO3S/c16-14-9-5-4-6-12(14)10-21(19,20)11-15(18)17-13-7-2-1-3-8-13/h1-9H,10-11H2,(H,17,18). The Labute approximate surface area is 122 Å². The van der Waals surface area contributed by atoms with Crippen LogP contribution < -0.4 is 5.32 Å². The number of hydrogen-bond acceptors (Lipinski definition) is 3. The van der Waals surface area contributed by atoms with E-state index in [1.54, 1.807) is 36.4 Å². The first-order chi connectivity index (χ1) is 9.96. The molecule has 6 heteroatoms. The molecule has 0 fully saturated rings. The second-order valence-corrected chi connectivity index (χ2v) is 6.60. The largest absolute Gasteiger partial charge is 0.325 e. The molecule has 2 aromatic rings. The Morgan fingerprint density at radius 3 is 2.29 bits per heavy atom. The number of carbonyl (C=O) groups is 1. The fourth-order valence-corrected chi connectivity index (χ4v) is 3.10. The Balaban J connectivity index is 2.01. The number of nitrogens with one attached hydrogen (secondary N) is 1. The Hall–Kier alpha value is -2.21. The van der Waals surface area contributed by atoms with Gasteiger partial charge in [0.05, 0.1) is 5.75 Å². The number of halogens is 1. The molecule has 1 amide bonds. The van der Waals surface area contributed by atoms with Crippen molar-refractivity contribution in [3.05, 3.63) is 66.0 Å². The molecule has 0 saturated carbocycles. The minimum atomic E-state index is -3.73. The number of para-hydroxylation sites is 1. The van der Waals surface area contributed by atoms with E-state index >= 15 is 0 Å². The SMILES string of the molecule is O=C(CS(=O)(=O)Cc1ccccc1F)Nc1ccccc1. The number of carbonyl (C=O) groups excluding carboxylic acids is 1. The van der Waals surface area contributed by atoms with Crippen molar-refractivity contribution in [3.63, 3.8) is 0 Å². The number of hydrogen-bond donors (Lipinski definition) is 1. The second kappa shape index (κ2) is 6.49. The Kier molecular flexibility index (Phi) is 4.70. The van der Waals surface area contributed by atoms with Gasteiger partial charge in [-0.15, -0.1) is 0 Å². The van der Waals surface area contributed by atoms with Crippen LogP contribution in [-0.4, -0.2) is 20.1 Å². The zero-order valence-corrected chi connectivity index (χ0v) is 11.9. The van der Waals surface area contributed by atoms with Gasteiger partial charge in [-0.3, -0.25) is 4.79 Å². The van der Waals surface area contributed by atoms with E-state index in [1.165, 1.54) is 18.2 Å². The second-order valence-electron chi connectivity index (χ2n) is 4.54. The first-order valence-electron chi connectivity index (χ1n) is 6.25. The van der Waals surface area contributed by atoms with Gasteiger partial charge in [-0.25, -0.2) is 12.8 Å². The lowest BCUT2D eigenvalue weighted by Crippen LogP contribution is -2.24. The molecule has 0 radical (unpaired) electrons. The highest BCUT2D eigenvalue weighted by atomic mass is 32.2. The maximum absolute atomic E-state index is 13.4. The lowest BCUT2D eigenvalue weighted by Gasteiger charge is -2.07. The van der Waals surface area contributed by atoms with E-state index in [4.69, 9.17) is 0 Å². The number of anilines is 1. The summed E-state index contributed by atoms with van der Waals surface area (Å²) in [7, 11) is -3.73. The summed E-state index contributed by atoms with van der Waals surface area (Å²) < 4.78 is 37.3. The Morgan fingerprint density at radius 1 is 1.00 bits per heavy atom. The van der Waals surface area contributed by atoms with Crippen molar-refractivity contribution >= 4 is 21.4 Å². The zero-order valence-electron chi connectivity index (χ0n) is 11.1. The fraction of sp³-hybridized carbons (Fsp3) is 0.133. The summed E-state index contributed by atoms with van der Waals surface area (Å²) in [5, 5.41) is 2.49. The van der Waals surface area contributed by atoms with Crippen LogP contribution in [0.1, 0.15) is 5.56 Å². The monoisotopic (exact) mass is 307 g/mol. The van der Waals surface area contributed by atoms with Crippen molar-refractivity contribution in [3.8, 4) is 0 Å². The van der Waals surface area contributed by atoms with Crippen molar-refractivity contribution in [1.82, 2.24) is 0 Å². The fourth-order valence-electron chi connectivity index (χ4n) is 1.82. The molecule has 0 aliphatic heterocycles. The molecule has 0 saturated heterocycles. The predicted octanol–water partition coefficient (Wildman–Crippen LogP) is 2.38. The molecule has 0 aliphatic carbocycles. The minimum Gasteiger partial charge on any atom is -0.325 e. The summed E-state index contributed by atoms with van der Waals surface area (Å²) in [6.45, 7) is 0. The molecule has 0 unspecified atom stereocenters. The average Bonchev–Trinajstić information content (AvgIpc) is 2.41. The smallest absolute Gasteiger partial charge is 0.239 e. The van der Waals surface area contributed by atoms with Crippen molar-refractivity contribution in [2.45, 2.75) is 5.75 Å². The summed E-state index contributed by atoms with van der Waals surface area (Å²) in [5.74, 6) is -2.42. The van der Waals surface area contributed by atoms with E-state index in [0.717, 1.165) is 0 Å². The number of rotatable bonds is 5. The predicted molar refractivity (Wildman–Crippen MR) is 79.0 cm³/mol. The maximum Gasteiger partial charge on any atom is 0.239 e. The van der Waals surface area contributed by atoms with Crippen molar-refractivity contribution in [2.75, 3.05) is 11.1 Å². The molecule has 110 valence electrons. The van der Waals surface area contributed by atoms with Crippen LogP contribution in [0.2, 0.25) is 0 Å². The first kappa shape index (κ1) is 15.2. The van der Waals surface area contributed by atoms with E-state index < -0.39 is 33.1 Å². The number of benzene rings is 2. The van der Waals surface area contributed by atoms with Gasteiger partial charge in [0.25, 0.3) is 0 Å². The normalized spacial score (nSPS) is 11.1. The van der Waals surface area contributed by atoms with Gasteiger partial charge in [0.2, 0.25) is 5.91 Å². The summed E-state index contributed by atoms with van der Waals surface area (Å²) in [4.78, 5) is 11.7. The molecule has 0 bridgehead atoms. The van der Waals surface area contributed by atoms with Gasteiger partial charge < -0.3 is 5.32 Å². The van der Waals surface area contributed by atoms with Gasteiger partial charge in [-0.05, 0) is 18.2 Å². The van der Waals surface area contributed by atoms with E-state index in [0.29, 0.717) is 5.69 Å². The van der Waals surface area contributed by atoms with Gasteiger partial charge in [0, 0.05) is 11.3 Å². The molecular weight excluding hydrogens is 293 g/mol. The molecule has 1 N–H and O–H groups in total. The van der Waals surface area contributed by atoms with E-state index in [9.17, 15) is 17.6 Å². The molecule has 0 atom stereocenters. The van der Waals surface area contributed by atoms with Crippen LogP contribution in [0.15, 0.2) is 54.6 Å². The zero-order chi connectivity index (χ0) is 15.3. The number of sulfone groups is 1. The van der Waals surface area contributed by atoms with Crippen LogP contribution in [0.4, 0.5) is 10.1 Å². The highest BCUT2D eigenvalue weighted by molar-refractivity contribution is 7.91. The minimum absolute atomic E-state index is 0.0602. The molecular formula is C15H14FNO3S.